The first-order valence-electron chi connectivity index (χ1n) is 8.59. The number of carbonyl (C=O) groups is 1. The number of rotatable bonds is 5. The van der Waals surface area contributed by atoms with Gasteiger partial charge < -0.3 is 4.57 Å². The lowest BCUT2D eigenvalue weighted by Gasteiger charge is -2.05. The van der Waals surface area contributed by atoms with Gasteiger partial charge in [-0.2, -0.15) is 0 Å². The van der Waals surface area contributed by atoms with E-state index in [1.165, 1.54) is 51.9 Å². The summed E-state index contributed by atoms with van der Waals surface area (Å²) in [4.78, 5) is 13.8. The van der Waals surface area contributed by atoms with E-state index in [2.05, 4.69) is 24.3 Å². The molecule has 0 spiro atoms. The fraction of sp³-hybridized carbons (Fsp3) is 0.0909. The van der Waals surface area contributed by atoms with Crippen LogP contribution in [0.3, 0.4) is 0 Å². The van der Waals surface area contributed by atoms with Crippen LogP contribution in [0.2, 0.25) is 0 Å². The molecule has 0 unspecified atom stereocenters. The molecule has 0 aliphatic heterocycles. The van der Waals surface area contributed by atoms with Crippen LogP contribution in [0, 0.1) is 11.2 Å². The van der Waals surface area contributed by atoms with Gasteiger partial charge in [-0.05, 0) is 40.6 Å². The highest BCUT2D eigenvalue weighted by atomic mass is 79.9. The van der Waals surface area contributed by atoms with E-state index in [4.69, 9.17) is 5.41 Å². The number of benzene rings is 3. The molecule has 0 radical (unpaired) electrons. The smallest absolute Gasteiger partial charge is 0.182 e. The maximum absolute atomic E-state index is 13.0. The largest absolute Gasteiger partial charge is 0.316 e. The molecule has 1 N–H and O–H groups in total. The highest BCUT2D eigenvalue weighted by Gasteiger charge is 2.11. The van der Waals surface area contributed by atoms with Gasteiger partial charge >= 0.3 is 0 Å². The molecule has 4 aromatic rings. The van der Waals surface area contributed by atoms with Gasteiger partial charge in [0, 0.05) is 23.1 Å². The fourth-order valence-electron chi connectivity index (χ4n) is 3.16. The van der Waals surface area contributed by atoms with Crippen molar-refractivity contribution in [3.8, 4) is 0 Å². The molecule has 3 aromatic carbocycles. The van der Waals surface area contributed by atoms with Crippen molar-refractivity contribution in [1.29, 1.82) is 5.41 Å². The Morgan fingerprint density at radius 3 is 2.50 bits per heavy atom. The number of nitrogens with zero attached hydrogens (tertiary/aromatic N) is 1. The molecule has 0 aliphatic rings. The minimum absolute atomic E-state index is 0. The number of fused-ring (bicyclic) bond motifs is 1. The van der Waals surface area contributed by atoms with E-state index in [0.717, 1.165) is 11.3 Å². The predicted molar refractivity (Wildman–Crippen MR) is 116 cm³/mol. The molecule has 0 fully saturated rings. The SMILES string of the molecule is Br.N=c1sc(Cc2cccc3ccccc23)cn1CC(=O)c1ccc(F)cc1. The standard InChI is InChI=1S/C22H17FN2OS.BrH/c23-18-10-8-16(9-11-18)21(26)14-25-13-19(27-22(25)24)12-17-6-3-5-15-4-1-2-7-20(15)17;/h1-11,13,24H,12,14H2;1H. The summed E-state index contributed by atoms with van der Waals surface area (Å²) in [6, 6.07) is 20.0. The minimum Gasteiger partial charge on any atom is -0.316 e. The van der Waals surface area contributed by atoms with Crippen LogP contribution in [0.5, 0.6) is 0 Å². The third kappa shape index (κ3) is 4.29. The number of Topliss-reactive ketones (excluding diaryl/α,β-unsaturated/α-hetero) is 1. The first-order chi connectivity index (χ1) is 13.1. The molecule has 0 saturated carbocycles. The average molecular weight is 457 g/mol. The van der Waals surface area contributed by atoms with Crippen molar-refractivity contribution in [3.63, 3.8) is 0 Å². The Kier molecular flexibility index (Phi) is 6.21. The van der Waals surface area contributed by atoms with E-state index in [1.807, 2.05) is 24.4 Å². The first-order valence-corrected chi connectivity index (χ1v) is 9.41. The van der Waals surface area contributed by atoms with Gasteiger partial charge in [0.05, 0.1) is 6.54 Å². The molecule has 0 atom stereocenters. The van der Waals surface area contributed by atoms with E-state index in [9.17, 15) is 9.18 Å². The van der Waals surface area contributed by atoms with Gasteiger partial charge in [-0.1, -0.05) is 42.5 Å². The van der Waals surface area contributed by atoms with Gasteiger partial charge in [0.2, 0.25) is 0 Å². The Morgan fingerprint density at radius 1 is 1.00 bits per heavy atom. The average Bonchev–Trinajstić information content (AvgIpc) is 3.01. The normalized spacial score (nSPS) is 10.6. The summed E-state index contributed by atoms with van der Waals surface area (Å²) >= 11 is 1.37. The highest BCUT2D eigenvalue weighted by Crippen LogP contribution is 2.22. The van der Waals surface area contributed by atoms with Crippen LogP contribution < -0.4 is 4.80 Å². The van der Waals surface area contributed by atoms with Gasteiger partial charge in [-0.3, -0.25) is 10.2 Å². The molecule has 1 heterocycles. The molecule has 4 rings (SSSR count). The maximum atomic E-state index is 13.0. The van der Waals surface area contributed by atoms with E-state index in [1.54, 1.807) is 4.57 Å². The summed E-state index contributed by atoms with van der Waals surface area (Å²) in [7, 11) is 0. The summed E-state index contributed by atoms with van der Waals surface area (Å²) in [5.41, 5.74) is 1.65. The number of thiazole rings is 1. The summed E-state index contributed by atoms with van der Waals surface area (Å²) in [5, 5.41) is 10.6. The zero-order valence-electron chi connectivity index (χ0n) is 14.9. The second-order valence-corrected chi connectivity index (χ2v) is 7.49. The summed E-state index contributed by atoms with van der Waals surface area (Å²) < 4.78 is 14.7. The molecular formula is C22H18BrFN2OS. The Morgan fingerprint density at radius 2 is 1.71 bits per heavy atom. The molecule has 28 heavy (non-hydrogen) atoms. The van der Waals surface area contributed by atoms with E-state index < -0.39 is 0 Å². The number of carbonyl (C=O) groups excluding carboxylic acids is 1. The molecule has 0 saturated heterocycles. The zero-order valence-corrected chi connectivity index (χ0v) is 17.4. The fourth-order valence-corrected chi connectivity index (χ4v) is 4.05. The van der Waals surface area contributed by atoms with Crippen molar-refractivity contribution in [1.82, 2.24) is 4.57 Å². The van der Waals surface area contributed by atoms with Crippen molar-refractivity contribution in [2.24, 2.45) is 0 Å². The van der Waals surface area contributed by atoms with Crippen LogP contribution in [-0.2, 0) is 13.0 Å². The van der Waals surface area contributed by atoms with Crippen molar-refractivity contribution < 1.29 is 9.18 Å². The van der Waals surface area contributed by atoms with Gasteiger partial charge in [-0.15, -0.1) is 28.3 Å². The predicted octanol–water partition coefficient (Wildman–Crippen LogP) is 5.37. The van der Waals surface area contributed by atoms with Gasteiger partial charge in [0.15, 0.2) is 10.6 Å². The molecule has 0 aliphatic carbocycles. The molecule has 0 bridgehead atoms. The van der Waals surface area contributed by atoms with Crippen LogP contribution in [0.1, 0.15) is 20.8 Å². The lowest BCUT2D eigenvalue weighted by atomic mass is 10.0. The second-order valence-electron chi connectivity index (χ2n) is 6.38. The van der Waals surface area contributed by atoms with E-state index >= 15 is 0 Å². The Bertz CT molecular complexity index is 1180. The first kappa shape index (κ1) is 20.2. The molecule has 1 aromatic heterocycles. The van der Waals surface area contributed by atoms with E-state index in [0.29, 0.717) is 10.4 Å². The van der Waals surface area contributed by atoms with E-state index in [-0.39, 0.29) is 35.1 Å². The number of halogens is 2. The molecular weight excluding hydrogens is 439 g/mol. The van der Waals surface area contributed by atoms with Crippen LogP contribution in [-0.4, -0.2) is 10.4 Å². The Labute approximate surface area is 176 Å². The van der Waals surface area contributed by atoms with Crippen LogP contribution >= 0.6 is 28.3 Å². The van der Waals surface area contributed by atoms with Crippen LogP contribution in [0.15, 0.2) is 72.9 Å². The van der Waals surface area contributed by atoms with Crippen molar-refractivity contribution in [2.75, 3.05) is 0 Å². The Hall–Kier alpha value is -2.57. The lowest BCUT2D eigenvalue weighted by Crippen LogP contribution is -2.18. The third-order valence-corrected chi connectivity index (χ3v) is 5.45. The quantitative estimate of drug-likeness (QED) is 0.403. The highest BCUT2D eigenvalue weighted by molar-refractivity contribution is 8.93. The molecule has 3 nitrogen and oxygen atoms in total. The van der Waals surface area contributed by atoms with Crippen molar-refractivity contribution in [2.45, 2.75) is 13.0 Å². The maximum Gasteiger partial charge on any atom is 0.182 e. The number of aromatic nitrogens is 1. The topological polar surface area (TPSA) is 45.9 Å². The monoisotopic (exact) mass is 456 g/mol. The second kappa shape index (κ2) is 8.63. The van der Waals surface area contributed by atoms with Crippen molar-refractivity contribution in [3.05, 3.63) is 99.5 Å². The number of hydrogen-bond donors (Lipinski definition) is 1. The number of nitrogens with one attached hydrogen (secondary N) is 1. The summed E-state index contributed by atoms with van der Waals surface area (Å²) in [6.45, 7) is 0.0799. The molecule has 0 amide bonds. The van der Waals surface area contributed by atoms with Gasteiger partial charge in [0.25, 0.3) is 0 Å². The lowest BCUT2D eigenvalue weighted by molar-refractivity contribution is 0.0971. The van der Waals surface area contributed by atoms with Crippen LogP contribution in [0.4, 0.5) is 4.39 Å². The van der Waals surface area contributed by atoms with Gasteiger partial charge in [0.1, 0.15) is 5.82 Å². The van der Waals surface area contributed by atoms with Gasteiger partial charge in [-0.25, -0.2) is 4.39 Å². The third-order valence-electron chi connectivity index (χ3n) is 4.51. The number of ketones is 1. The number of hydrogen-bond acceptors (Lipinski definition) is 3. The van der Waals surface area contributed by atoms with Crippen molar-refractivity contribution >= 4 is 44.9 Å². The molecule has 142 valence electrons. The van der Waals surface area contributed by atoms with Crippen LogP contribution in [0.25, 0.3) is 10.8 Å². The molecule has 6 heteroatoms. The Balaban J connectivity index is 0.00000225. The summed E-state index contributed by atoms with van der Waals surface area (Å²) in [5.74, 6) is -0.503. The zero-order chi connectivity index (χ0) is 18.8. The summed E-state index contributed by atoms with van der Waals surface area (Å²) in [6.07, 6.45) is 2.59. The minimum atomic E-state index is -0.367.